The van der Waals surface area contributed by atoms with Gasteiger partial charge in [0.2, 0.25) is 5.91 Å². The molecule has 5 rings (SSSR count). The molecule has 0 saturated carbocycles. The minimum Gasteiger partial charge on any atom is -0.323 e. The fourth-order valence-corrected chi connectivity index (χ4v) is 4.43. The molecular weight excluding hydrogens is 438 g/mol. The Hall–Kier alpha value is -3.62. The van der Waals surface area contributed by atoms with E-state index < -0.39 is 0 Å². The molecule has 32 heavy (non-hydrogen) atoms. The van der Waals surface area contributed by atoms with Gasteiger partial charge in [-0.05, 0) is 18.2 Å². The van der Waals surface area contributed by atoms with Gasteiger partial charge in [-0.3, -0.25) is 4.79 Å². The molecule has 1 amide bonds. The molecule has 5 aromatic rings. The third-order valence-corrected chi connectivity index (χ3v) is 6.13. The summed E-state index contributed by atoms with van der Waals surface area (Å²) >= 11 is 2.43. The van der Waals surface area contributed by atoms with E-state index in [4.69, 9.17) is 9.97 Å². The number of nitrogens with one attached hydrogen (secondary N) is 1. The first-order valence-electron chi connectivity index (χ1n) is 9.90. The highest BCUT2D eigenvalue weighted by molar-refractivity contribution is 7.99. The van der Waals surface area contributed by atoms with E-state index in [1.807, 2.05) is 84.9 Å². The molecule has 0 aliphatic carbocycles. The van der Waals surface area contributed by atoms with Crippen molar-refractivity contribution in [2.45, 2.75) is 5.16 Å². The lowest BCUT2D eigenvalue weighted by molar-refractivity contribution is -0.113. The molecule has 0 radical (unpaired) electrons. The van der Waals surface area contributed by atoms with Gasteiger partial charge in [0.25, 0.3) is 0 Å². The zero-order chi connectivity index (χ0) is 21.8. The van der Waals surface area contributed by atoms with Crippen molar-refractivity contribution >= 4 is 46.1 Å². The summed E-state index contributed by atoms with van der Waals surface area (Å²) in [7, 11) is 0. The van der Waals surface area contributed by atoms with Crippen molar-refractivity contribution in [2.75, 3.05) is 11.1 Å². The molecule has 2 aromatic heterocycles. The lowest BCUT2D eigenvalue weighted by atomic mass is 10.1. The van der Waals surface area contributed by atoms with Crippen LogP contribution in [0.1, 0.15) is 0 Å². The fraction of sp³-hybridized carbons (Fsp3) is 0.0417. The van der Waals surface area contributed by atoms with Crippen LogP contribution in [-0.2, 0) is 4.79 Å². The number of benzene rings is 3. The number of fused-ring (bicyclic) bond motifs is 1. The summed E-state index contributed by atoms with van der Waals surface area (Å²) in [5, 5.41) is 3.47. The maximum absolute atomic E-state index is 12.6. The first kappa shape index (κ1) is 20.3. The standard InChI is InChI=1S/C24H17N5OS2/c30-22(25-18-12-7-13-19-23(18)29-32-28-19)15-31-24-26-20(16-8-3-1-4-9-16)14-21(27-24)17-10-5-2-6-11-17/h1-14H,15H2,(H,25,30). The molecule has 0 unspecified atom stereocenters. The van der Waals surface area contributed by atoms with Gasteiger partial charge in [0.1, 0.15) is 11.0 Å². The lowest BCUT2D eigenvalue weighted by Gasteiger charge is -2.09. The summed E-state index contributed by atoms with van der Waals surface area (Å²) in [5.74, 6) is 0.0333. The summed E-state index contributed by atoms with van der Waals surface area (Å²) in [4.78, 5) is 22.0. The van der Waals surface area contributed by atoms with Crippen molar-refractivity contribution in [1.29, 1.82) is 0 Å². The Morgan fingerprint density at radius 1 is 0.812 bits per heavy atom. The minimum atomic E-state index is -0.148. The second-order valence-corrected chi connectivity index (χ2v) is 8.40. The van der Waals surface area contributed by atoms with Crippen LogP contribution in [0.25, 0.3) is 33.5 Å². The second-order valence-electron chi connectivity index (χ2n) is 6.93. The highest BCUT2D eigenvalue weighted by atomic mass is 32.2. The fourth-order valence-electron chi connectivity index (χ4n) is 3.23. The predicted octanol–water partition coefficient (Wildman–Crippen LogP) is 5.55. The third-order valence-electron chi connectivity index (χ3n) is 4.74. The highest BCUT2D eigenvalue weighted by Crippen LogP contribution is 2.27. The van der Waals surface area contributed by atoms with Gasteiger partial charge in [0.15, 0.2) is 5.16 Å². The van der Waals surface area contributed by atoms with Gasteiger partial charge in [-0.1, -0.05) is 78.5 Å². The second kappa shape index (κ2) is 9.25. The van der Waals surface area contributed by atoms with Gasteiger partial charge >= 0.3 is 0 Å². The Labute approximate surface area is 193 Å². The molecule has 1 N–H and O–H groups in total. The Morgan fingerprint density at radius 2 is 1.47 bits per heavy atom. The van der Waals surface area contributed by atoms with Crippen LogP contribution in [0, 0.1) is 0 Å². The number of rotatable bonds is 6. The van der Waals surface area contributed by atoms with Gasteiger partial charge in [0.05, 0.1) is 34.6 Å². The van der Waals surface area contributed by atoms with Crippen LogP contribution >= 0.6 is 23.5 Å². The van der Waals surface area contributed by atoms with Crippen LogP contribution in [-0.4, -0.2) is 30.4 Å². The van der Waals surface area contributed by atoms with Gasteiger partial charge < -0.3 is 5.32 Å². The van der Waals surface area contributed by atoms with Crippen LogP contribution < -0.4 is 5.32 Å². The predicted molar refractivity (Wildman–Crippen MR) is 130 cm³/mol. The zero-order valence-electron chi connectivity index (χ0n) is 16.8. The number of thioether (sulfide) groups is 1. The van der Waals surface area contributed by atoms with Crippen molar-refractivity contribution in [2.24, 2.45) is 0 Å². The Morgan fingerprint density at radius 3 is 2.12 bits per heavy atom. The third kappa shape index (κ3) is 4.51. The van der Waals surface area contributed by atoms with E-state index in [1.54, 1.807) is 0 Å². The first-order valence-corrected chi connectivity index (χ1v) is 11.6. The van der Waals surface area contributed by atoms with Crippen molar-refractivity contribution in [1.82, 2.24) is 18.7 Å². The van der Waals surface area contributed by atoms with E-state index >= 15 is 0 Å². The Balaban J connectivity index is 1.39. The van der Waals surface area contributed by atoms with E-state index in [0.29, 0.717) is 16.4 Å². The zero-order valence-corrected chi connectivity index (χ0v) is 18.4. The minimum absolute atomic E-state index is 0.148. The van der Waals surface area contributed by atoms with Crippen LogP contribution in [0.5, 0.6) is 0 Å². The summed E-state index contributed by atoms with van der Waals surface area (Å²) in [6, 6.07) is 27.5. The van der Waals surface area contributed by atoms with Crippen molar-refractivity contribution in [3.63, 3.8) is 0 Å². The van der Waals surface area contributed by atoms with Gasteiger partial charge in [-0.25, -0.2) is 9.97 Å². The van der Waals surface area contributed by atoms with E-state index in [-0.39, 0.29) is 11.7 Å². The molecule has 0 aliphatic rings. The van der Waals surface area contributed by atoms with Crippen LogP contribution in [0.3, 0.4) is 0 Å². The SMILES string of the molecule is O=C(CSc1nc(-c2ccccc2)cc(-c2ccccc2)n1)Nc1cccc2nsnc12. The molecule has 0 atom stereocenters. The number of hydrogen-bond acceptors (Lipinski definition) is 7. The van der Waals surface area contributed by atoms with E-state index in [0.717, 1.165) is 39.8 Å². The van der Waals surface area contributed by atoms with Gasteiger partial charge in [-0.15, -0.1) is 0 Å². The number of hydrogen-bond donors (Lipinski definition) is 1. The van der Waals surface area contributed by atoms with Crippen molar-refractivity contribution in [3.8, 4) is 22.5 Å². The number of carbonyl (C=O) groups excluding carboxylic acids is 1. The number of amides is 1. The van der Waals surface area contributed by atoms with Gasteiger partial charge in [-0.2, -0.15) is 8.75 Å². The molecule has 156 valence electrons. The average Bonchev–Trinajstić information content (AvgIpc) is 3.34. The maximum Gasteiger partial charge on any atom is 0.234 e. The van der Waals surface area contributed by atoms with Crippen LogP contribution in [0.15, 0.2) is 90.1 Å². The van der Waals surface area contributed by atoms with Crippen LogP contribution in [0.2, 0.25) is 0 Å². The molecular formula is C24H17N5OS2. The summed E-state index contributed by atoms with van der Waals surface area (Å²) in [5.41, 5.74) is 5.77. The Kier molecular flexibility index (Phi) is 5.87. The normalized spacial score (nSPS) is 10.9. The average molecular weight is 456 g/mol. The molecule has 3 aromatic carbocycles. The summed E-state index contributed by atoms with van der Waals surface area (Å²) in [6.07, 6.45) is 0. The Bertz CT molecular complexity index is 1320. The van der Waals surface area contributed by atoms with Crippen molar-refractivity contribution in [3.05, 3.63) is 84.9 Å². The molecule has 0 saturated heterocycles. The smallest absolute Gasteiger partial charge is 0.234 e. The van der Waals surface area contributed by atoms with Crippen LogP contribution in [0.4, 0.5) is 5.69 Å². The summed E-state index contributed by atoms with van der Waals surface area (Å²) in [6.45, 7) is 0. The largest absolute Gasteiger partial charge is 0.323 e. The highest BCUT2D eigenvalue weighted by Gasteiger charge is 2.13. The monoisotopic (exact) mass is 455 g/mol. The first-order chi connectivity index (χ1) is 15.8. The molecule has 0 aliphatic heterocycles. The number of aromatic nitrogens is 4. The molecule has 6 nitrogen and oxygen atoms in total. The topological polar surface area (TPSA) is 80.7 Å². The quantitative estimate of drug-likeness (QED) is 0.267. The van der Waals surface area contributed by atoms with Gasteiger partial charge in [0, 0.05) is 11.1 Å². The van der Waals surface area contributed by atoms with E-state index in [9.17, 15) is 4.79 Å². The summed E-state index contributed by atoms with van der Waals surface area (Å²) < 4.78 is 8.48. The lowest BCUT2D eigenvalue weighted by Crippen LogP contribution is -2.14. The number of nitrogens with zero attached hydrogens (tertiary/aromatic N) is 4. The number of carbonyl (C=O) groups is 1. The molecule has 0 fully saturated rings. The number of anilines is 1. The molecule has 8 heteroatoms. The van der Waals surface area contributed by atoms with E-state index in [2.05, 4.69) is 14.1 Å². The van der Waals surface area contributed by atoms with E-state index in [1.165, 1.54) is 11.8 Å². The molecule has 0 spiro atoms. The molecule has 0 bridgehead atoms. The maximum atomic E-state index is 12.6. The van der Waals surface area contributed by atoms with Crippen molar-refractivity contribution < 1.29 is 4.79 Å². The molecule has 2 heterocycles.